The number of aliphatic hydroxyl groups excluding tert-OH is 1. The van der Waals surface area contributed by atoms with Crippen LogP contribution in [0, 0.1) is 5.82 Å². The third-order valence-electron chi connectivity index (χ3n) is 2.39. The molecule has 10 heteroatoms. The summed E-state index contributed by atoms with van der Waals surface area (Å²) in [5.74, 6) is -0.0521. The monoisotopic (exact) mass is 390 g/mol. The molecule has 0 aliphatic heterocycles. The van der Waals surface area contributed by atoms with Gasteiger partial charge in [-0.15, -0.1) is 0 Å². The minimum atomic E-state index is -0.537. The Kier molecular flexibility index (Phi) is 5.89. The molecule has 0 aliphatic carbocycles. The van der Waals surface area contributed by atoms with Gasteiger partial charge in [0.2, 0.25) is 0 Å². The minimum Gasteiger partial charge on any atom is -0.393 e. The number of aliphatic imine (C=N–C) groups is 1. The van der Waals surface area contributed by atoms with Gasteiger partial charge in [0.1, 0.15) is 5.82 Å². The van der Waals surface area contributed by atoms with Crippen LogP contribution in [0.3, 0.4) is 0 Å². The highest BCUT2D eigenvalue weighted by Crippen LogP contribution is 2.24. The van der Waals surface area contributed by atoms with Crippen molar-refractivity contribution in [1.29, 1.82) is 0 Å². The number of benzene rings is 1. The van der Waals surface area contributed by atoms with E-state index in [9.17, 15) is 14.7 Å². The molecule has 118 valence electrons. The number of rotatable bonds is 5. The van der Waals surface area contributed by atoms with Crippen LogP contribution in [-0.4, -0.2) is 38.3 Å². The minimum absolute atomic E-state index is 0.00662. The first-order chi connectivity index (χ1) is 10.5. The van der Waals surface area contributed by atoms with Crippen LogP contribution in [0.15, 0.2) is 37.3 Å². The van der Waals surface area contributed by atoms with Crippen LogP contribution in [0.5, 0.6) is 0 Å². The molecule has 1 aromatic carbocycles. The predicted octanol–water partition coefficient (Wildman–Crippen LogP) is 2.50. The third kappa shape index (κ3) is 4.26. The van der Waals surface area contributed by atoms with Crippen molar-refractivity contribution in [2.75, 3.05) is 5.75 Å². The summed E-state index contributed by atoms with van der Waals surface area (Å²) in [6.07, 6.45) is -0.537. The second-order valence-electron chi connectivity index (χ2n) is 4.25. The van der Waals surface area contributed by atoms with Crippen LogP contribution in [0.1, 0.15) is 12.6 Å². The average Bonchev–Trinajstić information content (AvgIpc) is 2.94. The molecular formula is C12H12BrFN4O3S. The highest BCUT2D eigenvalue weighted by molar-refractivity contribution is 9.10. The average molecular weight is 391 g/mol. The first-order valence-electron chi connectivity index (χ1n) is 6.09. The molecule has 0 saturated carbocycles. The SMILES string of the molecule is CC(O)CSc1nonc1C(=Nc1ccc(F)c(Br)c1)NO. The summed E-state index contributed by atoms with van der Waals surface area (Å²) in [6.45, 7) is 1.63. The van der Waals surface area contributed by atoms with Crippen molar-refractivity contribution in [2.45, 2.75) is 18.1 Å². The molecule has 22 heavy (non-hydrogen) atoms. The lowest BCUT2D eigenvalue weighted by Crippen LogP contribution is -2.21. The summed E-state index contributed by atoms with van der Waals surface area (Å²) in [7, 11) is 0. The molecule has 0 radical (unpaired) electrons. The highest BCUT2D eigenvalue weighted by atomic mass is 79.9. The van der Waals surface area contributed by atoms with Gasteiger partial charge in [0.15, 0.2) is 16.6 Å². The fourth-order valence-electron chi connectivity index (χ4n) is 1.43. The quantitative estimate of drug-likeness (QED) is 0.311. The van der Waals surface area contributed by atoms with E-state index >= 15 is 0 Å². The maximum atomic E-state index is 13.2. The summed E-state index contributed by atoms with van der Waals surface area (Å²) in [5.41, 5.74) is 2.49. The van der Waals surface area contributed by atoms with Crippen molar-refractivity contribution in [1.82, 2.24) is 15.8 Å². The Morgan fingerprint density at radius 1 is 1.55 bits per heavy atom. The van der Waals surface area contributed by atoms with Gasteiger partial charge in [-0.05, 0) is 51.4 Å². The van der Waals surface area contributed by atoms with E-state index in [4.69, 9.17) is 0 Å². The number of hydroxylamine groups is 1. The Morgan fingerprint density at radius 2 is 2.32 bits per heavy atom. The molecule has 1 atom stereocenters. The second-order valence-corrected chi connectivity index (χ2v) is 6.11. The Balaban J connectivity index is 2.29. The van der Waals surface area contributed by atoms with Crippen LogP contribution in [0.25, 0.3) is 0 Å². The van der Waals surface area contributed by atoms with Gasteiger partial charge in [-0.1, -0.05) is 11.8 Å². The summed E-state index contributed by atoms with van der Waals surface area (Å²) in [6, 6.07) is 4.12. The highest BCUT2D eigenvalue weighted by Gasteiger charge is 2.17. The lowest BCUT2D eigenvalue weighted by Gasteiger charge is -2.04. The van der Waals surface area contributed by atoms with Crippen molar-refractivity contribution in [2.24, 2.45) is 4.99 Å². The number of hydrogen-bond acceptors (Lipinski definition) is 7. The molecule has 1 unspecified atom stereocenters. The van der Waals surface area contributed by atoms with E-state index in [2.05, 4.69) is 35.9 Å². The number of nitrogens with one attached hydrogen (secondary N) is 1. The Morgan fingerprint density at radius 3 is 2.95 bits per heavy atom. The topological polar surface area (TPSA) is 104 Å². The molecule has 1 heterocycles. The van der Waals surface area contributed by atoms with Crippen molar-refractivity contribution >= 4 is 39.2 Å². The molecule has 1 aromatic heterocycles. The summed E-state index contributed by atoms with van der Waals surface area (Å²) in [4.78, 5) is 4.13. The van der Waals surface area contributed by atoms with Gasteiger partial charge in [-0.25, -0.2) is 14.0 Å². The largest absolute Gasteiger partial charge is 0.393 e. The predicted molar refractivity (Wildman–Crippen MR) is 81.9 cm³/mol. The van der Waals surface area contributed by atoms with E-state index in [-0.39, 0.29) is 16.0 Å². The van der Waals surface area contributed by atoms with E-state index in [0.717, 1.165) is 0 Å². The Bertz CT molecular complexity index is 680. The van der Waals surface area contributed by atoms with Crippen LogP contribution < -0.4 is 5.48 Å². The van der Waals surface area contributed by atoms with Gasteiger partial charge >= 0.3 is 0 Å². The van der Waals surface area contributed by atoms with E-state index in [1.807, 2.05) is 5.48 Å². The number of amidine groups is 1. The number of halogens is 2. The summed E-state index contributed by atoms with van der Waals surface area (Å²) < 4.78 is 18.1. The van der Waals surface area contributed by atoms with Gasteiger partial charge in [-0.2, -0.15) is 0 Å². The molecule has 2 rings (SSSR count). The van der Waals surface area contributed by atoms with Crippen molar-refractivity contribution < 1.29 is 19.3 Å². The van der Waals surface area contributed by atoms with E-state index in [1.165, 1.54) is 30.0 Å². The number of aromatic nitrogens is 2. The molecule has 2 aromatic rings. The molecule has 7 nitrogen and oxygen atoms in total. The smallest absolute Gasteiger partial charge is 0.186 e. The van der Waals surface area contributed by atoms with Crippen molar-refractivity contribution in [3.05, 3.63) is 34.2 Å². The van der Waals surface area contributed by atoms with Gasteiger partial charge in [-0.3, -0.25) is 10.7 Å². The number of thioether (sulfide) groups is 1. The number of aliphatic hydroxyl groups is 1. The normalized spacial score (nSPS) is 13.2. The van der Waals surface area contributed by atoms with E-state index < -0.39 is 11.9 Å². The maximum absolute atomic E-state index is 13.2. The van der Waals surface area contributed by atoms with Gasteiger partial charge < -0.3 is 5.11 Å². The van der Waals surface area contributed by atoms with Crippen LogP contribution in [0.4, 0.5) is 10.1 Å². The molecule has 0 saturated heterocycles. The lowest BCUT2D eigenvalue weighted by atomic mass is 10.3. The van der Waals surface area contributed by atoms with Gasteiger partial charge in [0, 0.05) is 5.75 Å². The Labute approximate surface area is 137 Å². The van der Waals surface area contributed by atoms with E-state index in [0.29, 0.717) is 16.5 Å². The first kappa shape index (κ1) is 16.9. The third-order valence-corrected chi connectivity index (χ3v) is 4.19. The van der Waals surface area contributed by atoms with Crippen molar-refractivity contribution in [3.63, 3.8) is 0 Å². The van der Waals surface area contributed by atoms with Crippen LogP contribution in [0.2, 0.25) is 0 Å². The standard InChI is InChI=1S/C12H12BrFN4O3S/c1-6(19)5-22-12-10(17-21-18-12)11(16-20)15-7-2-3-9(14)8(13)4-7/h2-4,6,19-20H,5H2,1H3,(H,15,16). The number of hydrogen-bond donors (Lipinski definition) is 3. The van der Waals surface area contributed by atoms with E-state index in [1.54, 1.807) is 6.92 Å². The zero-order valence-electron chi connectivity index (χ0n) is 11.3. The molecule has 0 spiro atoms. The zero-order valence-corrected chi connectivity index (χ0v) is 13.7. The molecule has 0 aliphatic rings. The fourth-order valence-corrected chi connectivity index (χ4v) is 2.56. The zero-order chi connectivity index (χ0) is 16.1. The van der Waals surface area contributed by atoms with Crippen LogP contribution in [-0.2, 0) is 0 Å². The lowest BCUT2D eigenvalue weighted by molar-refractivity contribution is 0.220. The molecule has 3 N–H and O–H groups in total. The second kappa shape index (κ2) is 7.68. The van der Waals surface area contributed by atoms with Crippen molar-refractivity contribution in [3.8, 4) is 0 Å². The summed E-state index contributed by atoms with van der Waals surface area (Å²) in [5, 5.41) is 26.3. The maximum Gasteiger partial charge on any atom is 0.186 e. The van der Waals surface area contributed by atoms with Crippen LogP contribution >= 0.6 is 27.7 Å². The fraction of sp³-hybridized carbons (Fsp3) is 0.250. The van der Waals surface area contributed by atoms with Gasteiger partial charge in [0.25, 0.3) is 0 Å². The molecule has 0 fully saturated rings. The molecule has 0 amide bonds. The Hall–Kier alpha value is -1.49. The summed E-state index contributed by atoms with van der Waals surface area (Å²) >= 11 is 4.26. The number of nitrogens with zero attached hydrogens (tertiary/aromatic N) is 3. The van der Waals surface area contributed by atoms with Gasteiger partial charge in [0.05, 0.1) is 16.3 Å². The first-order valence-corrected chi connectivity index (χ1v) is 7.86. The molecular weight excluding hydrogens is 379 g/mol. The molecule has 0 bridgehead atoms.